The lowest BCUT2D eigenvalue weighted by Crippen LogP contribution is -2.74. The van der Waals surface area contributed by atoms with Gasteiger partial charge in [-0.15, -0.1) is 0 Å². The Labute approximate surface area is 475 Å². The molecule has 0 atom stereocenters. The van der Waals surface area contributed by atoms with E-state index in [2.05, 4.69) is 184 Å². The van der Waals surface area contributed by atoms with Gasteiger partial charge in [0.1, 0.15) is 0 Å². The van der Waals surface area contributed by atoms with Crippen molar-refractivity contribution in [1.82, 2.24) is 19.5 Å². The number of hydrogen-bond acceptors (Lipinski definition) is 5. The van der Waals surface area contributed by atoms with Gasteiger partial charge in [-0.05, 0) is 103 Å². The summed E-state index contributed by atoms with van der Waals surface area (Å²) in [4.78, 5) is 23.3. The second-order valence-corrected chi connectivity index (χ2v) is 23.7. The minimum absolute atomic E-state index is 0.380. The molecular weight excluding hydrogens is 1020 g/mol. The largest absolute Gasteiger partial charge is 0.309 e. The highest BCUT2D eigenvalue weighted by Crippen LogP contribution is 2.42. The molecule has 13 rings (SSSR count). The molecule has 0 saturated heterocycles. The molecule has 0 aliphatic carbocycles. The van der Waals surface area contributed by atoms with Crippen LogP contribution in [0.15, 0.2) is 267 Å². The fraction of sp³-hybridized carbons (Fsp3) is 0. The smallest absolute Gasteiger partial charge is 0.196 e. The summed E-state index contributed by atoms with van der Waals surface area (Å²) in [5.74, 6) is 1.59. The normalized spacial score (nSPS) is 11.1. The maximum atomic E-state index is 10.5. The number of aromatic nitrogens is 4. The lowest BCUT2D eigenvalue weighted by atomic mass is 9.97. The highest BCUT2D eigenvalue weighted by atomic mass is 28.3. The average molecular weight is 1060 g/mol. The zero-order chi connectivity index (χ0) is 55.6. The molecule has 2 aromatic heterocycles. The number of nitrogens with zero attached hydrogens (tertiary/aromatic N) is 8. The van der Waals surface area contributed by atoms with Crippen molar-refractivity contribution in [3.63, 3.8) is 0 Å². The van der Waals surface area contributed by atoms with Crippen molar-refractivity contribution in [2.75, 3.05) is 0 Å². The van der Waals surface area contributed by atoms with Gasteiger partial charge in [0.2, 0.25) is 0 Å². The van der Waals surface area contributed by atoms with Gasteiger partial charge in [0.05, 0.1) is 36.3 Å². The summed E-state index contributed by atoms with van der Waals surface area (Å²) in [6.07, 6.45) is 0. The van der Waals surface area contributed by atoms with Crippen molar-refractivity contribution in [2.45, 2.75) is 0 Å². The number of fused-ring (bicyclic) bond motifs is 3. The first-order valence-electron chi connectivity index (χ1n) is 26.7. The van der Waals surface area contributed by atoms with Crippen LogP contribution in [0.25, 0.3) is 105 Å². The molecule has 0 fully saturated rings. The van der Waals surface area contributed by atoms with E-state index in [0.29, 0.717) is 51.1 Å². The van der Waals surface area contributed by atoms with Gasteiger partial charge in [-0.25, -0.2) is 24.6 Å². The first kappa shape index (κ1) is 49.9. The summed E-state index contributed by atoms with van der Waals surface area (Å²) in [6, 6.07) is 95.7. The Bertz CT molecular complexity index is 4500. The summed E-state index contributed by atoms with van der Waals surface area (Å²) in [6.45, 7) is 15.9. The van der Waals surface area contributed by atoms with Crippen molar-refractivity contribution in [2.24, 2.45) is 0 Å². The van der Waals surface area contributed by atoms with E-state index in [0.717, 1.165) is 66.4 Å². The predicted molar refractivity (Wildman–Crippen MR) is 332 cm³/mol. The van der Waals surface area contributed by atoms with Crippen molar-refractivity contribution >= 4 is 62.0 Å². The van der Waals surface area contributed by atoms with Gasteiger partial charge in [0.25, 0.3) is 0 Å². The molecule has 0 N–H and O–H groups in total. The molecule has 0 saturated carbocycles. The molecular formula is C73H44N8Si. The van der Waals surface area contributed by atoms with Crippen molar-refractivity contribution < 1.29 is 0 Å². The van der Waals surface area contributed by atoms with Crippen LogP contribution in [0.4, 0.5) is 11.4 Å². The minimum atomic E-state index is -3.04. The highest BCUT2D eigenvalue weighted by molar-refractivity contribution is 7.19. The van der Waals surface area contributed by atoms with Crippen molar-refractivity contribution in [3.8, 4) is 85.4 Å². The lowest BCUT2D eigenvalue weighted by molar-refractivity contribution is 1.07. The molecule has 8 nitrogen and oxygen atoms in total. The molecule has 0 unspecified atom stereocenters. The van der Waals surface area contributed by atoms with Gasteiger partial charge < -0.3 is 4.57 Å². The molecule has 9 heteroatoms. The van der Waals surface area contributed by atoms with Crippen molar-refractivity contribution in [3.05, 3.63) is 301 Å². The molecule has 0 spiro atoms. The topological polar surface area (TPSA) is 99.9 Å². The number of rotatable bonds is 11. The maximum Gasteiger partial charge on any atom is 0.196 e. The third-order valence-electron chi connectivity index (χ3n) is 15.3. The molecule has 11 aromatic carbocycles. The molecule has 380 valence electrons. The van der Waals surface area contributed by atoms with Crippen LogP contribution >= 0.6 is 0 Å². The van der Waals surface area contributed by atoms with Crippen LogP contribution in [0, 0.1) is 35.8 Å². The quantitative estimate of drug-likeness (QED) is 0.0730. The Morgan fingerprint density at radius 3 is 1.39 bits per heavy atom. The summed E-state index contributed by atoms with van der Waals surface area (Å²) in [5, 5.41) is 27.2. The Kier molecular flexibility index (Phi) is 13.0. The number of benzene rings is 11. The van der Waals surface area contributed by atoms with E-state index in [1.54, 1.807) is 24.3 Å². The fourth-order valence-corrected chi connectivity index (χ4v) is 16.3. The van der Waals surface area contributed by atoms with Gasteiger partial charge in [-0.1, -0.05) is 218 Å². The van der Waals surface area contributed by atoms with Crippen LogP contribution in [0.5, 0.6) is 0 Å². The van der Waals surface area contributed by atoms with E-state index in [4.69, 9.17) is 28.1 Å². The van der Waals surface area contributed by atoms with E-state index in [1.807, 2.05) is 84.9 Å². The predicted octanol–water partition coefficient (Wildman–Crippen LogP) is 15.2. The van der Waals surface area contributed by atoms with Crippen LogP contribution < -0.4 is 20.7 Å². The molecule has 82 heavy (non-hydrogen) atoms. The van der Waals surface area contributed by atoms with Crippen LogP contribution in [0.1, 0.15) is 11.1 Å². The Balaban J connectivity index is 1.12. The third-order valence-corrected chi connectivity index (χ3v) is 20.1. The van der Waals surface area contributed by atoms with Crippen molar-refractivity contribution in [1.29, 1.82) is 10.5 Å². The molecule has 2 heterocycles. The van der Waals surface area contributed by atoms with Gasteiger partial charge in [-0.2, -0.15) is 10.5 Å². The SMILES string of the molecule is [C-]#[N+]c1ccc(-c2ccc3c4ccc(-c5ccc(C#N)cc5[N+]#[C-])cc4n(-c4ccc(-c5nc(-c6ccccc6)nc(-c6ccccc6)n5)c(-c5cccc([Si](c6ccccc6)(c6ccccc6)c6ccccc6)c5)c4)c3c2)c(C#N)c1. The van der Waals surface area contributed by atoms with Crippen LogP contribution in [0.3, 0.4) is 0 Å². The summed E-state index contributed by atoms with van der Waals surface area (Å²) in [7, 11) is -3.04. The summed E-state index contributed by atoms with van der Waals surface area (Å²) >= 11 is 0. The van der Waals surface area contributed by atoms with E-state index in [-0.39, 0.29) is 0 Å². The van der Waals surface area contributed by atoms with E-state index in [1.165, 1.54) is 20.7 Å². The van der Waals surface area contributed by atoms with E-state index >= 15 is 0 Å². The molecule has 0 bridgehead atoms. The van der Waals surface area contributed by atoms with Gasteiger partial charge >= 0.3 is 0 Å². The molecule has 0 aliphatic heterocycles. The standard InChI is InChI=1S/C73H44N8Si/c1-76-56-34-39-62(55(42-56)48-75)53-32-37-64-65-38-33-54(63-36-31-49(47-74)41-68(63)77-2)45-70(65)81(69(64)44-53)57-35-40-66(73-79-71(50-19-8-3-9-20-50)78-72(80-73)51-21-10-4-11-22-51)67(46-57)52-23-18-30-61(43-52)82(58-24-12-5-13-25-58,59-26-14-6-15-27-59)60-28-16-7-17-29-60/h3-46H. The molecule has 0 amide bonds. The van der Waals surface area contributed by atoms with Gasteiger partial charge in [0.15, 0.2) is 36.9 Å². The maximum absolute atomic E-state index is 10.5. The zero-order valence-electron chi connectivity index (χ0n) is 44.0. The Morgan fingerprint density at radius 1 is 0.366 bits per heavy atom. The van der Waals surface area contributed by atoms with Crippen LogP contribution in [0.2, 0.25) is 0 Å². The summed E-state index contributed by atoms with van der Waals surface area (Å²) in [5.41, 5.74) is 11.6. The van der Waals surface area contributed by atoms with Crippen LogP contribution in [-0.2, 0) is 0 Å². The Morgan fingerprint density at radius 2 is 0.854 bits per heavy atom. The Hall–Kier alpha value is -11.6. The molecule has 13 aromatic rings. The number of nitriles is 2. The first-order valence-corrected chi connectivity index (χ1v) is 28.7. The van der Waals surface area contributed by atoms with Crippen LogP contribution in [-0.4, -0.2) is 27.6 Å². The average Bonchev–Trinajstić information content (AvgIpc) is 2.64. The van der Waals surface area contributed by atoms with E-state index in [9.17, 15) is 10.5 Å². The summed E-state index contributed by atoms with van der Waals surface area (Å²) < 4.78 is 2.25. The lowest BCUT2D eigenvalue weighted by Gasteiger charge is -2.34. The van der Waals surface area contributed by atoms with Gasteiger partial charge in [0, 0.05) is 44.3 Å². The third kappa shape index (κ3) is 8.85. The second kappa shape index (κ2) is 21.3. The van der Waals surface area contributed by atoms with E-state index < -0.39 is 8.07 Å². The minimum Gasteiger partial charge on any atom is -0.309 e. The highest BCUT2D eigenvalue weighted by Gasteiger charge is 2.41. The molecule has 0 aliphatic rings. The number of hydrogen-bond donors (Lipinski definition) is 0. The second-order valence-electron chi connectivity index (χ2n) is 19.9. The monoisotopic (exact) mass is 1060 g/mol. The fourth-order valence-electron chi connectivity index (χ4n) is 11.5. The first-order chi connectivity index (χ1) is 40.4. The van der Waals surface area contributed by atoms with Gasteiger partial charge in [-0.3, -0.25) is 0 Å². The molecule has 0 radical (unpaired) electrons. The zero-order valence-corrected chi connectivity index (χ0v) is 45.0.